The molecular formula is C16H15BrClNO2S. The minimum Gasteiger partial charge on any atom is -0.483 e. The number of hydrogen-bond acceptors (Lipinski definition) is 3. The average molecular weight is 401 g/mol. The summed E-state index contributed by atoms with van der Waals surface area (Å²) in [5.74, 6) is 0.655. The monoisotopic (exact) mass is 399 g/mol. The van der Waals surface area contributed by atoms with Crippen molar-refractivity contribution in [3.63, 3.8) is 0 Å². The number of nitrogens with zero attached hydrogens (tertiary/aromatic N) is 1. The number of carbonyl (C=O) groups excluding carboxylic acids is 1. The minimum absolute atomic E-state index is 0.0257. The van der Waals surface area contributed by atoms with Crippen LogP contribution in [0.15, 0.2) is 40.2 Å². The summed E-state index contributed by atoms with van der Waals surface area (Å²) in [5, 5.41) is 2.68. The van der Waals surface area contributed by atoms with Gasteiger partial charge < -0.3 is 9.64 Å². The molecule has 3 nitrogen and oxygen atoms in total. The van der Waals surface area contributed by atoms with Gasteiger partial charge in [-0.1, -0.05) is 17.7 Å². The van der Waals surface area contributed by atoms with Gasteiger partial charge in [-0.05, 0) is 58.4 Å². The van der Waals surface area contributed by atoms with E-state index in [-0.39, 0.29) is 18.6 Å². The van der Waals surface area contributed by atoms with Crippen molar-refractivity contribution >= 4 is 44.8 Å². The Labute approximate surface area is 147 Å². The van der Waals surface area contributed by atoms with Crippen LogP contribution in [0.5, 0.6) is 5.75 Å². The number of ether oxygens (including phenoxy) is 1. The second-order valence-electron chi connectivity index (χ2n) is 5.12. The quantitative estimate of drug-likeness (QED) is 0.730. The van der Waals surface area contributed by atoms with Crippen LogP contribution in [0.25, 0.3) is 0 Å². The van der Waals surface area contributed by atoms with Crippen LogP contribution in [-0.4, -0.2) is 24.0 Å². The maximum atomic E-state index is 12.5. The van der Waals surface area contributed by atoms with Gasteiger partial charge in [0.15, 0.2) is 6.61 Å². The van der Waals surface area contributed by atoms with E-state index in [0.717, 1.165) is 23.9 Å². The zero-order valence-electron chi connectivity index (χ0n) is 11.8. The summed E-state index contributed by atoms with van der Waals surface area (Å²) in [6, 6.07) is 9.59. The van der Waals surface area contributed by atoms with Crippen LogP contribution in [0.4, 0.5) is 0 Å². The molecule has 0 spiro atoms. The Morgan fingerprint density at radius 1 is 1.45 bits per heavy atom. The molecule has 22 heavy (non-hydrogen) atoms. The number of likely N-dealkylation sites (tertiary alicyclic amines) is 1. The van der Waals surface area contributed by atoms with Gasteiger partial charge in [0.05, 0.1) is 10.5 Å². The van der Waals surface area contributed by atoms with E-state index in [0.29, 0.717) is 10.8 Å². The third-order valence-corrected chi connectivity index (χ3v) is 5.52. The molecule has 1 saturated heterocycles. The Bertz CT molecular complexity index is 662. The lowest BCUT2D eigenvalue weighted by Crippen LogP contribution is -2.34. The third kappa shape index (κ3) is 3.47. The molecule has 2 aromatic rings. The van der Waals surface area contributed by atoms with Gasteiger partial charge in [0.25, 0.3) is 5.91 Å². The summed E-state index contributed by atoms with van der Waals surface area (Å²) in [6.07, 6.45) is 2.07. The zero-order valence-corrected chi connectivity index (χ0v) is 15.0. The molecule has 2 heterocycles. The average Bonchev–Trinajstić information content (AvgIpc) is 3.16. The van der Waals surface area contributed by atoms with E-state index in [2.05, 4.69) is 27.4 Å². The molecule has 0 saturated carbocycles. The molecule has 1 fully saturated rings. The molecule has 1 aromatic heterocycles. The summed E-state index contributed by atoms with van der Waals surface area (Å²) in [5.41, 5.74) is 0. The zero-order chi connectivity index (χ0) is 15.5. The van der Waals surface area contributed by atoms with Crippen LogP contribution >= 0.6 is 38.9 Å². The molecule has 1 aliphatic heterocycles. The van der Waals surface area contributed by atoms with Crippen LogP contribution in [-0.2, 0) is 4.79 Å². The summed E-state index contributed by atoms with van der Waals surface area (Å²) in [4.78, 5) is 15.6. The van der Waals surface area contributed by atoms with Crippen molar-refractivity contribution in [1.82, 2.24) is 4.90 Å². The first-order chi connectivity index (χ1) is 10.6. The molecular weight excluding hydrogens is 386 g/mol. The van der Waals surface area contributed by atoms with E-state index in [1.165, 1.54) is 4.88 Å². The van der Waals surface area contributed by atoms with Crippen molar-refractivity contribution in [2.75, 3.05) is 13.2 Å². The highest BCUT2D eigenvalue weighted by molar-refractivity contribution is 9.10. The first-order valence-corrected chi connectivity index (χ1v) is 9.11. The Morgan fingerprint density at radius 2 is 2.32 bits per heavy atom. The summed E-state index contributed by atoms with van der Waals surface area (Å²) >= 11 is 11.0. The van der Waals surface area contributed by atoms with E-state index < -0.39 is 0 Å². The fourth-order valence-electron chi connectivity index (χ4n) is 2.66. The molecule has 3 rings (SSSR count). The lowest BCUT2D eigenvalue weighted by molar-refractivity contribution is -0.134. The highest BCUT2D eigenvalue weighted by Crippen LogP contribution is 2.34. The van der Waals surface area contributed by atoms with Gasteiger partial charge in [-0.2, -0.15) is 0 Å². The predicted octanol–water partition coefficient (Wildman–Crippen LogP) is 4.91. The molecule has 0 radical (unpaired) electrons. The normalized spacial score (nSPS) is 17.7. The molecule has 1 unspecified atom stereocenters. The minimum atomic E-state index is 0.0257. The van der Waals surface area contributed by atoms with E-state index in [1.54, 1.807) is 29.5 Å². The maximum Gasteiger partial charge on any atom is 0.261 e. The number of thiophene rings is 1. The van der Waals surface area contributed by atoms with Gasteiger partial charge in [0.1, 0.15) is 5.75 Å². The first-order valence-electron chi connectivity index (χ1n) is 7.06. The maximum absolute atomic E-state index is 12.5. The fourth-order valence-corrected chi connectivity index (χ4v) is 4.33. The molecule has 1 aromatic carbocycles. The van der Waals surface area contributed by atoms with Crippen LogP contribution < -0.4 is 4.74 Å². The Morgan fingerprint density at radius 3 is 3.05 bits per heavy atom. The SMILES string of the molecule is O=C(COc1ccc(Cl)cc1Br)N1CCCC1c1cccs1. The second-order valence-corrected chi connectivity index (χ2v) is 7.39. The fraction of sp³-hybridized carbons (Fsp3) is 0.312. The van der Waals surface area contributed by atoms with Crippen molar-refractivity contribution in [2.45, 2.75) is 18.9 Å². The molecule has 0 N–H and O–H groups in total. The number of halogens is 2. The van der Waals surface area contributed by atoms with Crippen molar-refractivity contribution < 1.29 is 9.53 Å². The number of hydrogen-bond donors (Lipinski definition) is 0. The Kier molecular flexibility index (Phi) is 5.06. The smallest absolute Gasteiger partial charge is 0.261 e. The van der Waals surface area contributed by atoms with Gasteiger partial charge >= 0.3 is 0 Å². The van der Waals surface area contributed by atoms with Crippen LogP contribution in [0, 0.1) is 0 Å². The van der Waals surface area contributed by atoms with Gasteiger partial charge in [0, 0.05) is 16.4 Å². The predicted molar refractivity (Wildman–Crippen MR) is 92.7 cm³/mol. The molecule has 1 aliphatic rings. The second kappa shape index (κ2) is 7.02. The number of rotatable bonds is 4. The first kappa shape index (κ1) is 15.8. The van der Waals surface area contributed by atoms with Gasteiger partial charge in [-0.25, -0.2) is 0 Å². The summed E-state index contributed by atoms with van der Waals surface area (Å²) in [6.45, 7) is 0.842. The topological polar surface area (TPSA) is 29.5 Å². The van der Waals surface area contributed by atoms with Crippen LogP contribution in [0.1, 0.15) is 23.8 Å². The summed E-state index contributed by atoms with van der Waals surface area (Å²) < 4.78 is 6.39. The van der Waals surface area contributed by atoms with Crippen LogP contribution in [0.3, 0.4) is 0 Å². The largest absolute Gasteiger partial charge is 0.483 e. The van der Waals surface area contributed by atoms with Crippen molar-refractivity contribution in [3.05, 3.63) is 50.1 Å². The number of benzene rings is 1. The van der Waals surface area contributed by atoms with Gasteiger partial charge in [-0.15, -0.1) is 11.3 Å². The highest BCUT2D eigenvalue weighted by atomic mass is 79.9. The summed E-state index contributed by atoms with van der Waals surface area (Å²) in [7, 11) is 0. The van der Waals surface area contributed by atoms with E-state index >= 15 is 0 Å². The lowest BCUT2D eigenvalue weighted by atomic mass is 10.2. The highest BCUT2D eigenvalue weighted by Gasteiger charge is 2.30. The van der Waals surface area contributed by atoms with Crippen LogP contribution in [0.2, 0.25) is 5.02 Å². The Balaban J connectivity index is 1.64. The lowest BCUT2D eigenvalue weighted by Gasteiger charge is -2.24. The third-order valence-electron chi connectivity index (χ3n) is 3.69. The standard InChI is InChI=1S/C16H15BrClNO2S/c17-12-9-11(18)5-6-14(12)21-10-16(20)19-7-1-3-13(19)15-4-2-8-22-15/h2,4-6,8-9,13H,1,3,7,10H2. The molecule has 116 valence electrons. The van der Waals surface area contributed by atoms with E-state index in [1.807, 2.05) is 11.0 Å². The van der Waals surface area contributed by atoms with Gasteiger partial charge in [0.2, 0.25) is 0 Å². The Hall–Kier alpha value is -1.04. The van der Waals surface area contributed by atoms with Crippen molar-refractivity contribution in [1.29, 1.82) is 0 Å². The van der Waals surface area contributed by atoms with Crippen molar-refractivity contribution in [3.8, 4) is 5.75 Å². The van der Waals surface area contributed by atoms with Crippen molar-refractivity contribution in [2.24, 2.45) is 0 Å². The number of carbonyl (C=O) groups is 1. The molecule has 1 atom stereocenters. The van der Waals surface area contributed by atoms with E-state index in [9.17, 15) is 4.79 Å². The molecule has 0 aliphatic carbocycles. The number of amides is 1. The molecule has 1 amide bonds. The molecule has 6 heteroatoms. The van der Waals surface area contributed by atoms with Gasteiger partial charge in [-0.3, -0.25) is 4.79 Å². The molecule has 0 bridgehead atoms. The van der Waals surface area contributed by atoms with E-state index in [4.69, 9.17) is 16.3 Å².